The van der Waals surface area contributed by atoms with Crippen molar-refractivity contribution in [2.75, 3.05) is 12.1 Å². The molecule has 0 bridgehead atoms. The van der Waals surface area contributed by atoms with E-state index in [1.165, 1.54) is 0 Å². The number of nitrogens with one attached hydrogen (secondary N) is 1. The second-order valence-corrected chi connectivity index (χ2v) is 5.69. The first kappa shape index (κ1) is 15.2. The Balaban J connectivity index is 1.43. The predicted octanol–water partition coefficient (Wildman–Crippen LogP) is 2.95. The van der Waals surface area contributed by atoms with Gasteiger partial charge in [0.25, 0.3) is 5.91 Å². The van der Waals surface area contributed by atoms with Crippen LogP contribution in [0.5, 0.6) is 11.5 Å². The lowest BCUT2D eigenvalue weighted by atomic mass is 10.1. The molecule has 1 N–H and O–H groups in total. The Labute approximate surface area is 143 Å². The van der Waals surface area contributed by atoms with E-state index in [1.54, 1.807) is 12.1 Å². The number of hydrogen-bond acceptors (Lipinski definition) is 6. The molecule has 126 valence electrons. The average Bonchev–Trinajstić information content (AvgIpc) is 3.24. The van der Waals surface area contributed by atoms with Crippen molar-refractivity contribution in [2.24, 2.45) is 0 Å². The monoisotopic (exact) mass is 337 g/mol. The van der Waals surface area contributed by atoms with Gasteiger partial charge in [0.15, 0.2) is 11.5 Å². The first-order valence-electron chi connectivity index (χ1n) is 7.76. The van der Waals surface area contributed by atoms with E-state index >= 15 is 0 Å². The van der Waals surface area contributed by atoms with Gasteiger partial charge in [-0.1, -0.05) is 28.9 Å². The molecule has 1 aliphatic rings. The van der Waals surface area contributed by atoms with Crippen molar-refractivity contribution in [2.45, 2.75) is 13.3 Å². The minimum Gasteiger partial charge on any atom is -0.454 e. The molecule has 0 atom stereocenters. The Morgan fingerprint density at radius 1 is 1.08 bits per heavy atom. The molecule has 0 saturated heterocycles. The SMILES string of the molecule is Cc1ccc(C(=O)Nc2nnc(Cc3ccc4c(c3)OCO4)o2)cc1. The Kier molecular flexibility index (Phi) is 3.81. The molecule has 3 aromatic rings. The smallest absolute Gasteiger partial charge is 0.322 e. The van der Waals surface area contributed by atoms with Crippen molar-refractivity contribution in [3.05, 3.63) is 65.0 Å². The van der Waals surface area contributed by atoms with Gasteiger partial charge in [-0.2, -0.15) is 0 Å². The van der Waals surface area contributed by atoms with E-state index in [0.717, 1.165) is 16.9 Å². The highest BCUT2D eigenvalue weighted by Crippen LogP contribution is 2.33. The molecule has 1 aromatic heterocycles. The van der Waals surface area contributed by atoms with Gasteiger partial charge in [0.2, 0.25) is 12.7 Å². The molecule has 0 fully saturated rings. The van der Waals surface area contributed by atoms with Crippen LogP contribution in [0.4, 0.5) is 6.01 Å². The Hall–Kier alpha value is -3.35. The molecular weight excluding hydrogens is 322 g/mol. The van der Waals surface area contributed by atoms with Crippen molar-refractivity contribution in [1.29, 1.82) is 0 Å². The summed E-state index contributed by atoms with van der Waals surface area (Å²) in [5.41, 5.74) is 2.56. The Morgan fingerprint density at radius 3 is 2.72 bits per heavy atom. The van der Waals surface area contributed by atoms with Crippen LogP contribution in [0.1, 0.15) is 27.4 Å². The lowest BCUT2D eigenvalue weighted by Crippen LogP contribution is -2.11. The fourth-order valence-corrected chi connectivity index (χ4v) is 2.48. The van der Waals surface area contributed by atoms with Crippen LogP contribution in [0.25, 0.3) is 0 Å². The second kappa shape index (κ2) is 6.27. The number of aromatic nitrogens is 2. The number of amides is 1. The zero-order valence-electron chi connectivity index (χ0n) is 13.5. The topological polar surface area (TPSA) is 86.5 Å². The molecule has 7 heteroatoms. The third-order valence-electron chi connectivity index (χ3n) is 3.79. The Bertz CT molecular complexity index is 918. The van der Waals surface area contributed by atoms with Crippen LogP contribution in [0.15, 0.2) is 46.9 Å². The van der Waals surface area contributed by atoms with E-state index in [-0.39, 0.29) is 18.7 Å². The molecule has 2 heterocycles. The summed E-state index contributed by atoms with van der Waals surface area (Å²) in [6, 6.07) is 12.9. The largest absolute Gasteiger partial charge is 0.454 e. The van der Waals surface area contributed by atoms with Gasteiger partial charge < -0.3 is 13.9 Å². The van der Waals surface area contributed by atoms with Gasteiger partial charge in [0.1, 0.15) is 0 Å². The van der Waals surface area contributed by atoms with Crippen LogP contribution in [0.2, 0.25) is 0 Å². The number of carbonyl (C=O) groups excluding carboxylic acids is 1. The number of ether oxygens (including phenoxy) is 2. The van der Waals surface area contributed by atoms with E-state index in [4.69, 9.17) is 13.9 Å². The molecule has 25 heavy (non-hydrogen) atoms. The summed E-state index contributed by atoms with van der Waals surface area (Å²) in [5.74, 6) is 1.53. The molecular formula is C18H15N3O4. The second-order valence-electron chi connectivity index (χ2n) is 5.69. The highest BCUT2D eigenvalue weighted by molar-refractivity contribution is 6.03. The molecule has 0 aliphatic carbocycles. The average molecular weight is 337 g/mol. The molecule has 4 rings (SSSR count). The zero-order chi connectivity index (χ0) is 17.2. The fourth-order valence-electron chi connectivity index (χ4n) is 2.48. The van der Waals surface area contributed by atoms with Crippen LogP contribution in [0.3, 0.4) is 0 Å². The third kappa shape index (κ3) is 3.30. The van der Waals surface area contributed by atoms with Gasteiger partial charge >= 0.3 is 6.01 Å². The highest BCUT2D eigenvalue weighted by Gasteiger charge is 2.15. The number of carbonyl (C=O) groups is 1. The van der Waals surface area contributed by atoms with Crippen molar-refractivity contribution in [3.63, 3.8) is 0 Å². The molecule has 0 saturated carbocycles. The van der Waals surface area contributed by atoms with Crippen LogP contribution in [-0.4, -0.2) is 22.9 Å². The fraction of sp³-hybridized carbons (Fsp3) is 0.167. The van der Waals surface area contributed by atoms with Crippen molar-refractivity contribution < 1.29 is 18.7 Å². The van der Waals surface area contributed by atoms with E-state index in [0.29, 0.717) is 23.6 Å². The maximum Gasteiger partial charge on any atom is 0.322 e. The van der Waals surface area contributed by atoms with Crippen molar-refractivity contribution in [3.8, 4) is 11.5 Å². The quantitative estimate of drug-likeness (QED) is 0.788. The summed E-state index contributed by atoms with van der Waals surface area (Å²) in [5, 5.41) is 10.4. The number of fused-ring (bicyclic) bond motifs is 1. The molecule has 1 amide bonds. The van der Waals surface area contributed by atoms with Gasteiger partial charge in [-0.25, -0.2) is 0 Å². The first-order valence-corrected chi connectivity index (χ1v) is 7.76. The summed E-state index contributed by atoms with van der Waals surface area (Å²) in [6.45, 7) is 2.19. The van der Waals surface area contributed by atoms with E-state index in [9.17, 15) is 4.79 Å². The van der Waals surface area contributed by atoms with E-state index in [1.807, 2.05) is 37.3 Å². The van der Waals surface area contributed by atoms with Gasteiger partial charge in [0.05, 0.1) is 6.42 Å². The van der Waals surface area contributed by atoms with Crippen LogP contribution < -0.4 is 14.8 Å². The lowest BCUT2D eigenvalue weighted by Gasteiger charge is -2.01. The lowest BCUT2D eigenvalue weighted by molar-refractivity contribution is 0.102. The van der Waals surface area contributed by atoms with E-state index < -0.39 is 0 Å². The maximum atomic E-state index is 12.2. The third-order valence-corrected chi connectivity index (χ3v) is 3.79. The molecule has 2 aromatic carbocycles. The summed E-state index contributed by atoms with van der Waals surface area (Å²) < 4.78 is 16.1. The molecule has 7 nitrogen and oxygen atoms in total. The van der Waals surface area contributed by atoms with Crippen LogP contribution in [0, 0.1) is 6.92 Å². The van der Waals surface area contributed by atoms with Gasteiger partial charge in [0, 0.05) is 5.56 Å². The number of hydrogen-bond donors (Lipinski definition) is 1. The first-order chi connectivity index (χ1) is 12.2. The molecule has 0 spiro atoms. The van der Waals surface area contributed by atoms with Crippen LogP contribution >= 0.6 is 0 Å². The maximum absolute atomic E-state index is 12.2. The molecule has 0 unspecified atom stereocenters. The minimum atomic E-state index is -0.293. The number of aryl methyl sites for hydroxylation is 1. The number of nitrogens with zero attached hydrogens (tertiary/aromatic N) is 2. The van der Waals surface area contributed by atoms with Gasteiger partial charge in [-0.05, 0) is 36.8 Å². The van der Waals surface area contributed by atoms with E-state index in [2.05, 4.69) is 15.5 Å². The standard InChI is InChI=1S/C18H15N3O4/c1-11-2-5-13(6-3-11)17(22)19-18-21-20-16(25-18)9-12-4-7-14-15(8-12)24-10-23-14/h2-8H,9-10H2,1H3,(H,19,21,22). The highest BCUT2D eigenvalue weighted by atomic mass is 16.7. The minimum absolute atomic E-state index is 0.0707. The summed E-state index contributed by atoms with van der Waals surface area (Å²) in [7, 11) is 0. The number of benzene rings is 2. The zero-order valence-corrected chi connectivity index (χ0v) is 13.5. The predicted molar refractivity (Wildman–Crippen MR) is 88.8 cm³/mol. The van der Waals surface area contributed by atoms with Crippen molar-refractivity contribution >= 4 is 11.9 Å². The summed E-state index contributed by atoms with van der Waals surface area (Å²) >= 11 is 0. The normalized spacial score (nSPS) is 12.2. The molecule has 1 aliphatic heterocycles. The number of anilines is 1. The van der Waals surface area contributed by atoms with Gasteiger partial charge in [-0.15, -0.1) is 5.10 Å². The van der Waals surface area contributed by atoms with Crippen molar-refractivity contribution in [1.82, 2.24) is 10.2 Å². The van der Waals surface area contributed by atoms with Gasteiger partial charge in [-0.3, -0.25) is 10.1 Å². The Morgan fingerprint density at radius 2 is 1.88 bits per heavy atom. The number of rotatable bonds is 4. The molecule has 0 radical (unpaired) electrons. The van der Waals surface area contributed by atoms with Crippen LogP contribution in [-0.2, 0) is 6.42 Å². The summed E-state index contributed by atoms with van der Waals surface area (Å²) in [4.78, 5) is 12.2. The summed E-state index contributed by atoms with van der Waals surface area (Å²) in [6.07, 6.45) is 0.435.